The Hall–Kier alpha value is -2.75. The first kappa shape index (κ1) is 13.9. The number of aryl methyl sites for hydroxylation is 1. The van der Waals surface area contributed by atoms with E-state index in [1.165, 1.54) is 4.90 Å². The molecule has 23 heavy (non-hydrogen) atoms. The van der Waals surface area contributed by atoms with Crippen molar-refractivity contribution < 1.29 is 14.4 Å². The highest BCUT2D eigenvalue weighted by Crippen LogP contribution is 2.39. The molecule has 0 unspecified atom stereocenters. The average Bonchev–Trinajstić information content (AvgIpc) is 2.85. The summed E-state index contributed by atoms with van der Waals surface area (Å²) in [6.07, 6.45) is 3.36. The summed E-state index contributed by atoms with van der Waals surface area (Å²) in [5.74, 6) is -0.439. The standard InChI is InChI=1S/C19H15NO3/c21-11-12-8-9-14-13(10-12)4-3-7-17(14)20-18(22)15-5-1-2-6-16(15)19(20)23/h1-2,5-6,8-11,17H,3-4,7H2/t17-/m1/s1. The molecular formula is C19H15NO3. The molecule has 0 bridgehead atoms. The fourth-order valence-electron chi connectivity index (χ4n) is 3.64. The zero-order valence-electron chi connectivity index (χ0n) is 12.5. The molecule has 114 valence electrons. The van der Waals surface area contributed by atoms with Gasteiger partial charge in [-0.3, -0.25) is 19.3 Å². The van der Waals surface area contributed by atoms with Crippen LogP contribution in [0.3, 0.4) is 0 Å². The van der Waals surface area contributed by atoms with Crippen LogP contribution in [0.15, 0.2) is 42.5 Å². The number of aldehydes is 1. The zero-order chi connectivity index (χ0) is 16.0. The van der Waals surface area contributed by atoms with Crippen molar-refractivity contribution in [3.8, 4) is 0 Å². The van der Waals surface area contributed by atoms with Gasteiger partial charge in [0.1, 0.15) is 6.29 Å². The second kappa shape index (κ2) is 5.16. The van der Waals surface area contributed by atoms with Crippen LogP contribution < -0.4 is 0 Å². The van der Waals surface area contributed by atoms with Crippen LogP contribution in [0.2, 0.25) is 0 Å². The Labute approximate surface area is 133 Å². The maximum Gasteiger partial charge on any atom is 0.262 e. The van der Waals surface area contributed by atoms with Gasteiger partial charge in [0.05, 0.1) is 17.2 Å². The van der Waals surface area contributed by atoms with E-state index in [0.717, 1.165) is 36.7 Å². The molecule has 1 atom stereocenters. The Balaban J connectivity index is 1.78. The summed E-state index contributed by atoms with van der Waals surface area (Å²) in [6, 6.07) is 12.2. The number of carbonyl (C=O) groups excluding carboxylic acids is 3. The molecular weight excluding hydrogens is 290 g/mol. The maximum absolute atomic E-state index is 12.7. The van der Waals surface area contributed by atoms with Crippen molar-refractivity contribution in [1.82, 2.24) is 4.90 Å². The fraction of sp³-hybridized carbons (Fsp3) is 0.211. The summed E-state index contributed by atoms with van der Waals surface area (Å²) < 4.78 is 0. The minimum absolute atomic E-state index is 0.220. The molecule has 0 aromatic heterocycles. The van der Waals surface area contributed by atoms with Gasteiger partial charge in [-0.25, -0.2) is 0 Å². The molecule has 4 rings (SSSR count). The van der Waals surface area contributed by atoms with E-state index in [4.69, 9.17) is 0 Å². The normalized spacial score (nSPS) is 19.5. The number of carbonyl (C=O) groups is 3. The summed E-state index contributed by atoms with van der Waals surface area (Å²) in [6.45, 7) is 0. The van der Waals surface area contributed by atoms with Crippen LogP contribution in [0.4, 0.5) is 0 Å². The lowest BCUT2D eigenvalue weighted by Gasteiger charge is -2.32. The molecule has 0 saturated carbocycles. The number of imide groups is 1. The Morgan fingerprint density at radius 3 is 2.35 bits per heavy atom. The number of hydrogen-bond donors (Lipinski definition) is 0. The summed E-state index contributed by atoms with van der Waals surface area (Å²) in [7, 11) is 0. The Bertz CT molecular complexity index is 805. The molecule has 2 aromatic carbocycles. The highest BCUT2D eigenvalue weighted by atomic mass is 16.2. The summed E-state index contributed by atoms with van der Waals surface area (Å²) >= 11 is 0. The van der Waals surface area contributed by atoms with Crippen LogP contribution in [-0.2, 0) is 6.42 Å². The lowest BCUT2D eigenvalue weighted by molar-refractivity contribution is 0.0566. The number of rotatable bonds is 2. The van der Waals surface area contributed by atoms with E-state index in [0.29, 0.717) is 16.7 Å². The topological polar surface area (TPSA) is 54.5 Å². The molecule has 0 saturated heterocycles. The van der Waals surface area contributed by atoms with E-state index in [1.807, 2.05) is 12.1 Å². The quantitative estimate of drug-likeness (QED) is 0.632. The smallest absolute Gasteiger partial charge is 0.262 e. The van der Waals surface area contributed by atoms with Gasteiger partial charge in [0.2, 0.25) is 0 Å². The first-order valence-corrected chi connectivity index (χ1v) is 7.75. The molecule has 1 aliphatic heterocycles. The number of amides is 2. The van der Waals surface area contributed by atoms with E-state index >= 15 is 0 Å². The van der Waals surface area contributed by atoms with Gasteiger partial charge in [0.25, 0.3) is 11.8 Å². The highest BCUT2D eigenvalue weighted by Gasteiger charge is 2.41. The summed E-state index contributed by atoms with van der Waals surface area (Å²) in [4.78, 5) is 37.7. The third kappa shape index (κ3) is 2.02. The minimum Gasteiger partial charge on any atom is -0.298 e. The van der Waals surface area contributed by atoms with Gasteiger partial charge in [-0.1, -0.05) is 24.3 Å². The van der Waals surface area contributed by atoms with Gasteiger partial charge in [-0.15, -0.1) is 0 Å². The molecule has 4 nitrogen and oxygen atoms in total. The average molecular weight is 305 g/mol. The maximum atomic E-state index is 12.7. The van der Waals surface area contributed by atoms with Gasteiger partial charge in [0.15, 0.2) is 0 Å². The molecule has 2 aliphatic rings. The van der Waals surface area contributed by atoms with Crippen LogP contribution in [0, 0.1) is 0 Å². The second-order valence-electron chi connectivity index (χ2n) is 6.01. The van der Waals surface area contributed by atoms with Crippen molar-refractivity contribution in [2.24, 2.45) is 0 Å². The van der Waals surface area contributed by atoms with E-state index in [9.17, 15) is 14.4 Å². The molecule has 2 aromatic rings. The Kier molecular flexibility index (Phi) is 3.11. The van der Waals surface area contributed by atoms with Crippen LogP contribution in [-0.4, -0.2) is 23.0 Å². The van der Waals surface area contributed by atoms with Crippen molar-refractivity contribution >= 4 is 18.1 Å². The Morgan fingerprint density at radius 1 is 1.00 bits per heavy atom. The van der Waals surface area contributed by atoms with Gasteiger partial charge >= 0.3 is 0 Å². The zero-order valence-corrected chi connectivity index (χ0v) is 12.5. The lowest BCUT2D eigenvalue weighted by atomic mass is 9.86. The largest absolute Gasteiger partial charge is 0.298 e. The van der Waals surface area contributed by atoms with E-state index in [-0.39, 0.29) is 17.9 Å². The molecule has 4 heteroatoms. The van der Waals surface area contributed by atoms with Crippen LogP contribution in [0.1, 0.15) is 61.1 Å². The van der Waals surface area contributed by atoms with E-state index in [2.05, 4.69) is 0 Å². The van der Waals surface area contributed by atoms with Crippen LogP contribution in [0.25, 0.3) is 0 Å². The van der Waals surface area contributed by atoms with Gasteiger partial charge in [-0.2, -0.15) is 0 Å². The molecule has 0 N–H and O–H groups in total. The van der Waals surface area contributed by atoms with Crippen molar-refractivity contribution in [3.05, 3.63) is 70.3 Å². The number of benzene rings is 2. The monoisotopic (exact) mass is 305 g/mol. The molecule has 0 radical (unpaired) electrons. The summed E-state index contributed by atoms with van der Waals surface area (Å²) in [5.41, 5.74) is 3.63. The molecule has 2 amide bonds. The van der Waals surface area contributed by atoms with Crippen molar-refractivity contribution in [2.75, 3.05) is 0 Å². The summed E-state index contributed by atoms with van der Waals surface area (Å²) in [5, 5.41) is 0. The van der Waals surface area contributed by atoms with Crippen molar-refractivity contribution in [1.29, 1.82) is 0 Å². The minimum atomic E-state index is -0.244. The van der Waals surface area contributed by atoms with Gasteiger partial charge in [0, 0.05) is 5.56 Å². The van der Waals surface area contributed by atoms with Crippen LogP contribution in [0.5, 0.6) is 0 Å². The molecule has 0 spiro atoms. The van der Waals surface area contributed by atoms with Crippen molar-refractivity contribution in [3.63, 3.8) is 0 Å². The van der Waals surface area contributed by atoms with Crippen molar-refractivity contribution in [2.45, 2.75) is 25.3 Å². The Morgan fingerprint density at radius 2 is 1.70 bits per heavy atom. The number of nitrogens with zero attached hydrogens (tertiary/aromatic N) is 1. The predicted octanol–water partition coefficient (Wildman–Crippen LogP) is 3.17. The predicted molar refractivity (Wildman–Crippen MR) is 84.5 cm³/mol. The third-order valence-electron chi connectivity index (χ3n) is 4.72. The first-order valence-electron chi connectivity index (χ1n) is 7.75. The first-order chi connectivity index (χ1) is 11.2. The highest BCUT2D eigenvalue weighted by molar-refractivity contribution is 6.21. The van der Waals surface area contributed by atoms with Gasteiger partial charge < -0.3 is 0 Å². The lowest BCUT2D eigenvalue weighted by Crippen LogP contribution is -2.36. The van der Waals surface area contributed by atoms with Crippen LogP contribution >= 0.6 is 0 Å². The molecule has 1 aliphatic carbocycles. The fourth-order valence-corrected chi connectivity index (χ4v) is 3.64. The molecule has 1 heterocycles. The molecule has 0 fully saturated rings. The number of fused-ring (bicyclic) bond motifs is 2. The number of hydrogen-bond acceptors (Lipinski definition) is 3. The SMILES string of the molecule is O=Cc1ccc2c(c1)CCC[C@H]2N1C(=O)c2ccccc2C1=O. The van der Waals surface area contributed by atoms with E-state index in [1.54, 1.807) is 30.3 Å². The third-order valence-corrected chi connectivity index (χ3v) is 4.72. The second-order valence-corrected chi connectivity index (χ2v) is 6.01. The van der Waals surface area contributed by atoms with Gasteiger partial charge in [-0.05, 0) is 48.6 Å². The van der Waals surface area contributed by atoms with E-state index < -0.39 is 0 Å².